The summed E-state index contributed by atoms with van der Waals surface area (Å²) >= 11 is 0. The third-order valence-electron chi connectivity index (χ3n) is 2.80. The van der Waals surface area contributed by atoms with E-state index in [0.29, 0.717) is 6.42 Å². The Balaban J connectivity index is 2.95. The van der Waals surface area contributed by atoms with Crippen LogP contribution in [0.2, 0.25) is 0 Å². The highest BCUT2D eigenvalue weighted by Crippen LogP contribution is 2.27. The standard InChI is InChI=1S/C13H20O3S/c1-3-13(12-7-5-4-6-8-12)17(15,16)10-11(2)9-14/h4-8,11,13-14H,3,9-10H2,1-2H3. The quantitative estimate of drug-likeness (QED) is 0.848. The molecule has 0 bridgehead atoms. The molecule has 0 radical (unpaired) electrons. The monoisotopic (exact) mass is 256 g/mol. The van der Waals surface area contributed by atoms with Gasteiger partial charge in [-0.3, -0.25) is 0 Å². The predicted octanol–water partition coefficient (Wildman–Crippen LogP) is 2.18. The van der Waals surface area contributed by atoms with E-state index in [1.165, 1.54) is 0 Å². The van der Waals surface area contributed by atoms with Crippen LogP contribution in [0.25, 0.3) is 0 Å². The van der Waals surface area contributed by atoms with Crippen LogP contribution in [0, 0.1) is 5.92 Å². The van der Waals surface area contributed by atoms with Gasteiger partial charge in [0.05, 0.1) is 11.0 Å². The van der Waals surface area contributed by atoms with E-state index in [1.54, 1.807) is 6.92 Å². The average Bonchev–Trinajstić information content (AvgIpc) is 2.30. The van der Waals surface area contributed by atoms with Crippen LogP contribution in [0.1, 0.15) is 31.1 Å². The lowest BCUT2D eigenvalue weighted by molar-refractivity contribution is 0.249. The van der Waals surface area contributed by atoms with Gasteiger partial charge in [-0.25, -0.2) is 8.42 Å². The van der Waals surface area contributed by atoms with E-state index in [1.807, 2.05) is 37.3 Å². The number of aliphatic hydroxyl groups excluding tert-OH is 1. The first-order valence-corrected chi connectivity index (χ1v) is 7.60. The first-order chi connectivity index (χ1) is 8.01. The van der Waals surface area contributed by atoms with E-state index in [2.05, 4.69) is 0 Å². The van der Waals surface area contributed by atoms with Gasteiger partial charge >= 0.3 is 0 Å². The van der Waals surface area contributed by atoms with Crippen LogP contribution in [0.15, 0.2) is 30.3 Å². The Bertz CT molecular complexity index is 425. The SMILES string of the molecule is CCC(c1ccccc1)S(=O)(=O)CC(C)CO. The summed E-state index contributed by atoms with van der Waals surface area (Å²) in [6.45, 7) is 3.53. The summed E-state index contributed by atoms with van der Waals surface area (Å²) in [6.07, 6.45) is 0.560. The number of hydrogen-bond acceptors (Lipinski definition) is 3. The number of sulfone groups is 1. The zero-order valence-corrected chi connectivity index (χ0v) is 11.2. The Kier molecular flexibility index (Phi) is 5.15. The molecule has 1 aromatic carbocycles. The summed E-state index contributed by atoms with van der Waals surface area (Å²) in [5.41, 5.74) is 0.833. The molecule has 0 saturated carbocycles. The molecule has 4 heteroatoms. The van der Waals surface area contributed by atoms with Gasteiger partial charge in [0.2, 0.25) is 0 Å². The molecule has 2 atom stereocenters. The minimum absolute atomic E-state index is 0.0386. The third kappa shape index (κ3) is 3.82. The van der Waals surface area contributed by atoms with Crippen LogP contribution >= 0.6 is 0 Å². The van der Waals surface area contributed by atoms with Crippen LogP contribution in [-0.2, 0) is 9.84 Å². The van der Waals surface area contributed by atoms with Gasteiger partial charge in [-0.05, 0) is 17.9 Å². The molecule has 0 spiro atoms. The van der Waals surface area contributed by atoms with E-state index >= 15 is 0 Å². The Morgan fingerprint density at radius 1 is 1.24 bits per heavy atom. The summed E-state index contributed by atoms with van der Waals surface area (Å²) in [5.74, 6) is -0.172. The number of hydrogen-bond donors (Lipinski definition) is 1. The zero-order chi connectivity index (χ0) is 12.9. The van der Waals surface area contributed by atoms with Crippen molar-refractivity contribution in [3.8, 4) is 0 Å². The lowest BCUT2D eigenvalue weighted by atomic mass is 10.1. The number of aliphatic hydroxyl groups is 1. The molecule has 0 heterocycles. The van der Waals surface area contributed by atoms with Crippen LogP contribution in [0.4, 0.5) is 0 Å². The summed E-state index contributed by atoms with van der Waals surface area (Å²) in [7, 11) is -3.20. The minimum atomic E-state index is -3.20. The molecular formula is C13H20O3S. The maximum Gasteiger partial charge on any atom is 0.157 e. The Hall–Kier alpha value is -0.870. The fourth-order valence-corrected chi connectivity index (χ4v) is 4.14. The summed E-state index contributed by atoms with van der Waals surface area (Å²) in [5, 5.41) is 8.50. The van der Waals surface area contributed by atoms with Crippen molar-refractivity contribution in [2.75, 3.05) is 12.4 Å². The van der Waals surface area contributed by atoms with Gasteiger partial charge in [0.25, 0.3) is 0 Å². The van der Waals surface area contributed by atoms with Crippen molar-refractivity contribution < 1.29 is 13.5 Å². The maximum atomic E-state index is 12.2. The second kappa shape index (κ2) is 6.17. The van der Waals surface area contributed by atoms with Crippen molar-refractivity contribution >= 4 is 9.84 Å². The lowest BCUT2D eigenvalue weighted by Gasteiger charge is -2.18. The topological polar surface area (TPSA) is 54.4 Å². The largest absolute Gasteiger partial charge is 0.396 e. The highest BCUT2D eigenvalue weighted by Gasteiger charge is 2.26. The molecule has 0 aliphatic heterocycles. The highest BCUT2D eigenvalue weighted by molar-refractivity contribution is 7.91. The molecule has 0 aliphatic rings. The van der Waals surface area contributed by atoms with E-state index in [0.717, 1.165) is 5.56 Å². The molecule has 0 aromatic heterocycles. The lowest BCUT2D eigenvalue weighted by Crippen LogP contribution is -2.22. The molecule has 17 heavy (non-hydrogen) atoms. The average molecular weight is 256 g/mol. The molecular weight excluding hydrogens is 236 g/mol. The molecule has 2 unspecified atom stereocenters. The van der Waals surface area contributed by atoms with E-state index in [4.69, 9.17) is 5.11 Å². The highest BCUT2D eigenvalue weighted by atomic mass is 32.2. The summed E-state index contributed by atoms with van der Waals surface area (Å²) < 4.78 is 24.4. The molecule has 0 saturated heterocycles. The van der Waals surface area contributed by atoms with E-state index < -0.39 is 15.1 Å². The fraction of sp³-hybridized carbons (Fsp3) is 0.538. The predicted molar refractivity (Wildman–Crippen MR) is 69.5 cm³/mol. The van der Waals surface area contributed by atoms with Gasteiger partial charge in [-0.1, -0.05) is 44.2 Å². The molecule has 0 fully saturated rings. The minimum Gasteiger partial charge on any atom is -0.396 e. The smallest absolute Gasteiger partial charge is 0.157 e. The second-order valence-corrected chi connectivity index (χ2v) is 6.65. The molecule has 3 nitrogen and oxygen atoms in total. The van der Waals surface area contributed by atoms with Gasteiger partial charge in [-0.2, -0.15) is 0 Å². The van der Waals surface area contributed by atoms with Crippen LogP contribution < -0.4 is 0 Å². The molecule has 1 aromatic rings. The van der Waals surface area contributed by atoms with Crippen LogP contribution in [0.3, 0.4) is 0 Å². The molecule has 1 N–H and O–H groups in total. The second-order valence-electron chi connectivity index (χ2n) is 4.42. The zero-order valence-electron chi connectivity index (χ0n) is 10.3. The van der Waals surface area contributed by atoms with Crippen molar-refractivity contribution in [2.24, 2.45) is 5.92 Å². The van der Waals surface area contributed by atoms with E-state index in [9.17, 15) is 8.42 Å². The van der Waals surface area contributed by atoms with Gasteiger partial charge < -0.3 is 5.11 Å². The molecule has 0 amide bonds. The number of rotatable bonds is 6. The maximum absolute atomic E-state index is 12.2. The van der Waals surface area contributed by atoms with Crippen molar-refractivity contribution in [1.29, 1.82) is 0 Å². The van der Waals surface area contributed by atoms with Crippen LogP contribution in [-0.4, -0.2) is 25.9 Å². The first-order valence-electron chi connectivity index (χ1n) is 5.88. The van der Waals surface area contributed by atoms with Gasteiger partial charge in [0.15, 0.2) is 9.84 Å². The summed E-state index contributed by atoms with van der Waals surface area (Å²) in [4.78, 5) is 0. The van der Waals surface area contributed by atoms with Crippen molar-refractivity contribution in [2.45, 2.75) is 25.5 Å². The first kappa shape index (κ1) is 14.2. The van der Waals surface area contributed by atoms with Crippen molar-refractivity contribution in [1.82, 2.24) is 0 Å². The van der Waals surface area contributed by atoms with Crippen LogP contribution in [0.5, 0.6) is 0 Å². The Labute approximate surface area is 103 Å². The Morgan fingerprint density at radius 3 is 2.29 bits per heavy atom. The molecule has 1 rings (SSSR count). The van der Waals surface area contributed by atoms with Gasteiger partial charge in [0, 0.05) is 6.61 Å². The van der Waals surface area contributed by atoms with Gasteiger partial charge in [-0.15, -0.1) is 0 Å². The fourth-order valence-electron chi connectivity index (χ4n) is 1.93. The number of benzene rings is 1. The van der Waals surface area contributed by atoms with Crippen molar-refractivity contribution in [3.63, 3.8) is 0 Å². The summed E-state index contributed by atoms with van der Waals surface area (Å²) in [6, 6.07) is 9.26. The third-order valence-corrected chi connectivity index (χ3v) is 5.31. The van der Waals surface area contributed by atoms with Crippen molar-refractivity contribution in [3.05, 3.63) is 35.9 Å². The Morgan fingerprint density at radius 2 is 1.82 bits per heavy atom. The molecule has 96 valence electrons. The molecule has 0 aliphatic carbocycles. The normalized spacial score (nSPS) is 15.5. The van der Waals surface area contributed by atoms with E-state index in [-0.39, 0.29) is 18.3 Å². The van der Waals surface area contributed by atoms with Gasteiger partial charge in [0.1, 0.15) is 0 Å².